The Bertz CT molecular complexity index is 80.1. The zero-order valence-electron chi connectivity index (χ0n) is 4.02. The molecule has 0 aromatic carbocycles. The van der Waals surface area contributed by atoms with E-state index in [2.05, 4.69) is 2.09 Å². The molecule has 0 heterocycles. The van der Waals surface area contributed by atoms with Crippen LogP contribution in [0.5, 0.6) is 0 Å². The van der Waals surface area contributed by atoms with Gasteiger partial charge in [0.15, 0.2) is 0 Å². The third kappa shape index (κ3) is 15.8. The number of hydrogen-bond acceptors (Lipinski definition) is 2. The first kappa shape index (κ1) is 16.9. The van der Waals surface area contributed by atoms with Crippen molar-refractivity contribution >= 4 is 64.5 Å². The van der Waals surface area contributed by atoms with Gasteiger partial charge in [0, 0.05) is 19.5 Å². The molecule has 0 aliphatic carbocycles. The second-order valence-electron chi connectivity index (χ2n) is 0.572. The van der Waals surface area contributed by atoms with Crippen molar-refractivity contribution in [1.82, 2.24) is 0 Å². The van der Waals surface area contributed by atoms with Crippen LogP contribution >= 0.6 is 0 Å². The Labute approximate surface area is 96.5 Å². The van der Waals surface area contributed by atoms with Gasteiger partial charge in [0.25, 0.3) is 0 Å². The Morgan fingerprint density at radius 3 is 1.62 bits per heavy atom. The first-order chi connectivity index (χ1) is 2.56. The minimum Gasteiger partial charge on any atom is 0 e. The summed E-state index contributed by atoms with van der Waals surface area (Å²) in [5.41, 5.74) is 0. The Kier molecular flexibility index (Phi) is 16.2. The van der Waals surface area contributed by atoms with Gasteiger partial charge < -0.3 is 0 Å². The summed E-state index contributed by atoms with van der Waals surface area (Å²) >= 11 is -3.98. The Morgan fingerprint density at radius 1 is 1.50 bits per heavy atom. The van der Waals surface area contributed by atoms with Gasteiger partial charge in [-0.3, -0.25) is 0 Å². The van der Waals surface area contributed by atoms with Crippen molar-refractivity contribution in [3.8, 4) is 0 Å². The number of hydrogen-bond donors (Lipinski definition) is 2. The summed E-state index contributed by atoms with van der Waals surface area (Å²) in [7, 11) is 0. The largest absolute Gasteiger partial charge is 0 e. The molecule has 0 aromatic rings. The van der Waals surface area contributed by atoms with Crippen molar-refractivity contribution in [2.75, 3.05) is 0 Å². The summed E-state index contributed by atoms with van der Waals surface area (Å²) in [6.45, 7) is 0. The van der Waals surface area contributed by atoms with Gasteiger partial charge in [0.2, 0.25) is 0 Å². The van der Waals surface area contributed by atoms with Gasteiger partial charge in [0.1, 0.15) is 0 Å². The molecule has 0 fully saturated rings. The SMILES string of the molecule is O=[As](O)(O)O[TeH].[PbH2].[Zn]. The Morgan fingerprint density at radius 2 is 1.62 bits per heavy atom. The normalized spacial score (nSPS) is 8.88. The molecule has 8 heavy (non-hydrogen) atoms. The van der Waals surface area contributed by atoms with Crippen LogP contribution in [-0.2, 0) is 25.3 Å². The standard InChI is InChI=1S/AsH3O4Te.Pb.Zn.2H/c2-1(3,4)5-6;;;;/h6H,(H2,2,3,4);;;;. The molecule has 0 saturated heterocycles. The topological polar surface area (TPSA) is 66.8 Å². The zero-order valence-corrected chi connectivity index (χ0v) is 16.9. The van der Waals surface area contributed by atoms with E-state index < -0.39 is 14.5 Å². The van der Waals surface area contributed by atoms with E-state index in [4.69, 9.17) is 8.19 Å². The average molecular weight is 544 g/mol. The molecule has 2 N–H and O–H groups in total. The fourth-order valence-corrected chi connectivity index (χ4v) is 0. The summed E-state index contributed by atoms with van der Waals surface area (Å²) in [6, 6.07) is 0. The van der Waals surface area contributed by atoms with E-state index in [9.17, 15) is 3.74 Å². The van der Waals surface area contributed by atoms with E-state index in [-0.39, 0.29) is 46.8 Å². The molecule has 4 nitrogen and oxygen atoms in total. The Hall–Kier alpha value is 2.57. The van der Waals surface area contributed by atoms with Gasteiger partial charge in [-0.15, -0.1) is 0 Å². The van der Waals surface area contributed by atoms with Crippen LogP contribution in [0.15, 0.2) is 0 Å². The molecular formula is H5AsO4PbTeZn. The van der Waals surface area contributed by atoms with Crippen molar-refractivity contribution in [3.05, 3.63) is 0 Å². The molecule has 2 radical (unpaired) electrons. The van der Waals surface area contributed by atoms with Crippen LogP contribution in [0.4, 0.5) is 0 Å². The van der Waals surface area contributed by atoms with Crippen molar-refractivity contribution in [1.29, 1.82) is 0 Å². The van der Waals surface area contributed by atoms with Crippen LogP contribution in [0, 0.1) is 0 Å². The van der Waals surface area contributed by atoms with Crippen molar-refractivity contribution in [2.45, 2.75) is 0 Å². The molecule has 0 aliphatic heterocycles. The van der Waals surface area contributed by atoms with E-state index in [1.165, 1.54) is 0 Å². The molecule has 0 spiro atoms. The van der Waals surface area contributed by atoms with Gasteiger partial charge in [-0.25, -0.2) is 0 Å². The van der Waals surface area contributed by atoms with E-state index in [1.54, 1.807) is 0 Å². The smallest absolute Gasteiger partial charge is 0 e. The predicted molar refractivity (Wildman–Crippen MR) is 27.7 cm³/mol. The third-order valence-electron chi connectivity index (χ3n) is 0.106. The molecule has 0 unspecified atom stereocenters. The predicted octanol–water partition coefficient (Wildman–Crippen LogP) is -3.25. The van der Waals surface area contributed by atoms with Crippen LogP contribution in [0.3, 0.4) is 0 Å². The van der Waals surface area contributed by atoms with Crippen molar-refractivity contribution in [2.24, 2.45) is 0 Å². The van der Waals surface area contributed by atoms with Gasteiger partial charge in [-0.2, -0.15) is 0 Å². The summed E-state index contributed by atoms with van der Waals surface area (Å²) in [4.78, 5) is 0. The van der Waals surface area contributed by atoms with Gasteiger partial charge in [-0.05, 0) is 0 Å². The average Bonchev–Trinajstić information content (AvgIpc) is 1.35. The molecule has 0 amide bonds. The van der Waals surface area contributed by atoms with Crippen LogP contribution in [0.25, 0.3) is 0 Å². The third-order valence-corrected chi connectivity index (χ3v) is 3.71. The summed E-state index contributed by atoms with van der Waals surface area (Å²) in [6.07, 6.45) is 0. The van der Waals surface area contributed by atoms with Crippen LogP contribution in [0.1, 0.15) is 0 Å². The first-order valence-corrected chi connectivity index (χ1v) is 5.20. The monoisotopic (exact) mass is 546 g/mol. The molecule has 8 heteroatoms. The molecule has 0 rings (SSSR count). The van der Waals surface area contributed by atoms with Crippen LogP contribution in [0.2, 0.25) is 0 Å². The maximum atomic E-state index is 9.55. The quantitative estimate of drug-likeness (QED) is 0.341. The second kappa shape index (κ2) is 7.68. The minimum atomic E-state index is -4.64. The van der Waals surface area contributed by atoms with Gasteiger partial charge >= 0.3 is 78.5 Å². The zero-order chi connectivity index (χ0) is 5.21. The molecule has 0 aromatic heterocycles. The van der Waals surface area contributed by atoms with Crippen molar-refractivity contribution < 1.29 is 33.5 Å². The van der Waals surface area contributed by atoms with E-state index >= 15 is 0 Å². The summed E-state index contributed by atoms with van der Waals surface area (Å²) in [5, 5.41) is 0. The molecular weight excluding hydrogens is 539 g/mol. The molecule has 0 aliphatic rings. The fraction of sp³-hybridized carbons (Fsp3) is 0. The molecule has 0 bridgehead atoms. The molecule has 0 saturated carbocycles. The van der Waals surface area contributed by atoms with Crippen LogP contribution in [-0.4, -0.2) is 72.7 Å². The summed E-state index contributed by atoms with van der Waals surface area (Å²) < 4.78 is 28.8. The molecule has 0 atom stereocenters. The van der Waals surface area contributed by atoms with Crippen molar-refractivity contribution in [3.63, 3.8) is 0 Å². The van der Waals surface area contributed by atoms with E-state index in [0.29, 0.717) is 22.7 Å². The van der Waals surface area contributed by atoms with Gasteiger partial charge in [-0.1, -0.05) is 0 Å². The molecule has 46 valence electrons. The maximum Gasteiger partial charge on any atom is 0 e. The summed E-state index contributed by atoms with van der Waals surface area (Å²) in [5.74, 6) is 0. The van der Waals surface area contributed by atoms with Gasteiger partial charge in [0.05, 0.1) is 0 Å². The minimum absolute atomic E-state index is 0. The first-order valence-electron chi connectivity index (χ1n) is 0.948. The number of rotatable bonds is 1. The van der Waals surface area contributed by atoms with Crippen LogP contribution < -0.4 is 0 Å². The fourth-order valence-electron chi connectivity index (χ4n) is 0. The Balaban J connectivity index is -0.000000125. The second-order valence-corrected chi connectivity index (χ2v) is 5.40. The van der Waals surface area contributed by atoms with E-state index in [1.807, 2.05) is 0 Å². The van der Waals surface area contributed by atoms with E-state index in [0.717, 1.165) is 0 Å². The maximum absolute atomic E-state index is 9.55.